The van der Waals surface area contributed by atoms with Gasteiger partial charge >= 0.3 is 6.03 Å². The molecular weight excluding hydrogens is 272 g/mol. The first-order chi connectivity index (χ1) is 9.70. The molecule has 20 heavy (non-hydrogen) atoms. The predicted molar refractivity (Wildman–Crippen MR) is 81.4 cm³/mol. The molecule has 2 amide bonds. The minimum atomic E-state index is 0.0858. The number of urea groups is 1. The first kappa shape index (κ1) is 13.6. The third-order valence-corrected chi connectivity index (χ3v) is 5.30. The SMILES string of the molecule is COc1ccc2c(c1)N(C)C(=O)N(C1CCCCC1)S2. The van der Waals surface area contributed by atoms with Gasteiger partial charge in [-0.25, -0.2) is 4.79 Å². The molecule has 0 saturated heterocycles. The zero-order valence-electron chi connectivity index (χ0n) is 12.0. The van der Waals surface area contributed by atoms with Crippen molar-refractivity contribution in [2.24, 2.45) is 0 Å². The van der Waals surface area contributed by atoms with E-state index in [0.717, 1.165) is 29.2 Å². The minimum Gasteiger partial charge on any atom is -0.497 e. The van der Waals surface area contributed by atoms with E-state index in [4.69, 9.17) is 4.74 Å². The summed E-state index contributed by atoms with van der Waals surface area (Å²) in [4.78, 5) is 15.4. The lowest BCUT2D eigenvalue weighted by Crippen LogP contribution is -2.46. The molecule has 1 aliphatic heterocycles. The maximum absolute atomic E-state index is 12.6. The summed E-state index contributed by atoms with van der Waals surface area (Å²) < 4.78 is 7.21. The molecule has 5 heteroatoms. The number of hydrogen-bond acceptors (Lipinski definition) is 3. The molecule has 1 saturated carbocycles. The van der Waals surface area contributed by atoms with Crippen LogP contribution in [0.5, 0.6) is 5.75 Å². The maximum Gasteiger partial charge on any atom is 0.334 e. The van der Waals surface area contributed by atoms with Gasteiger partial charge in [-0.3, -0.25) is 9.21 Å². The lowest BCUT2D eigenvalue weighted by Gasteiger charge is -2.39. The summed E-state index contributed by atoms with van der Waals surface area (Å²) in [6.07, 6.45) is 6.01. The normalized spacial score (nSPS) is 20.0. The van der Waals surface area contributed by atoms with Crippen molar-refractivity contribution in [1.29, 1.82) is 0 Å². The quantitative estimate of drug-likeness (QED) is 0.775. The summed E-state index contributed by atoms with van der Waals surface area (Å²) in [7, 11) is 3.49. The van der Waals surface area contributed by atoms with Crippen LogP contribution < -0.4 is 9.64 Å². The highest BCUT2D eigenvalue weighted by Gasteiger charge is 2.34. The van der Waals surface area contributed by atoms with Crippen molar-refractivity contribution in [3.05, 3.63) is 18.2 Å². The molecule has 1 aliphatic carbocycles. The van der Waals surface area contributed by atoms with Crippen molar-refractivity contribution in [2.45, 2.75) is 43.0 Å². The van der Waals surface area contributed by atoms with E-state index in [2.05, 4.69) is 0 Å². The molecule has 0 atom stereocenters. The highest BCUT2D eigenvalue weighted by molar-refractivity contribution is 7.97. The summed E-state index contributed by atoms with van der Waals surface area (Å²) in [5, 5.41) is 0. The summed E-state index contributed by atoms with van der Waals surface area (Å²) in [5.74, 6) is 0.787. The second-order valence-corrected chi connectivity index (χ2v) is 6.40. The lowest BCUT2D eigenvalue weighted by atomic mass is 9.95. The monoisotopic (exact) mass is 292 g/mol. The molecule has 1 heterocycles. The molecule has 108 valence electrons. The van der Waals surface area contributed by atoms with Gasteiger partial charge in [-0.05, 0) is 36.9 Å². The fourth-order valence-corrected chi connectivity index (χ4v) is 4.10. The van der Waals surface area contributed by atoms with Gasteiger partial charge in [-0.1, -0.05) is 19.3 Å². The van der Waals surface area contributed by atoms with Crippen LogP contribution in [0.25, 0.3) is 0 Å². The van der Waals surface area contributed by atoms with E-state index in [1.165, 1.54) is 19.3 Å². The smallest absolute Gasteiger partial charge is 0.334 e. The molecule has 2 aliphatic rings. The molecule has 0 unspecified atom stereocenters. The van der Waals surface area contributed by atoms with Crippen molar-refractivity contribution in [1.82, 2.24) is 4.31 Å². The Kier molecular flexibility index (Phi) is 3.78. The van der Waals surface area contributed by atoms with Crippen LogP contribution in [-0.2, 0) is 0 Å². The summed E-state index contributed by atoms with van der Waals surface area (Å²) in [5.41, 5.74) is 0.936. The molecule has 0 radical (unpaired) electrons. The van der Waals surface area contributed by atoms with Crippen LogP contribution in [0, 0.1) is 0 Å². The number of carbonyl (C=O) groups is 1. The van der Waals surface area contributed by atoms with E-state index in [-0.39, 0.29) is 6.03 Å². The van der Waals surface area contributed by atoms with Gasteiger partial charge in [0.1, 0.15) is 5.75 Å². The van der Waals surface area contributed by atoms with Gasteiger partial charge in [0.25, 0.3) is 0 Å². The third-order valence-electron chi connectivity index (χ3n) is 4.11. The van der Waals surface area contributed by atoms with Crippen LogP contribution in [0.15, 0.2) is 23.1 Å². The van der Waals surface area contributed by atoms with Crippen LogP contribution in [-0.4, -0.2) is 30.5 Å². The number of fused-ring (bicyclic) bond motifs is 1. The Morgan fingerprint density at radius 1 is 1.25 bits per heavy atom. The second kappa shape index (κ2) is 5.56. The second-order valence-electron chi connectivity index (χ2n) is 5.38. The highest BCUT2D eigenvalue weighted by atomic mass is 32.2. The van der Waals surface area contributed by atoms with Crippen LogP contribution in [0.2, 0.25) is 0 Å². The third kappa shape index (κ3) is 2.35. The standard InChI is InChI=1S/C15H20N2O2S/c1-16-13-10-12(19-2)8-9-14(13)20-17(15(16)18)11-6-4-3-5-7-11/h8-11H,3-7H2,1-2H3. The molecule has 4 nitrogen and oxygen atoms in total. The molecule has 0 N–H and O–H groups in total. The number of ether oxygens (including phenoxy) is 1. The van der Waals surface area contributed by atoms with Gasteiger partial charge in [0, 0.05) is 19.2 Å². The van der Waals surface area contributed by atoms with Crippen molar-refractivity contribution in [3.63, 3.8) is 0 Å². The molecule has 0 aromatic heterocycles. The lowest BCUT2D eigenvalue weighted by molar-refractivity contribution is 0.211. The van der Waals surface area contributed by atoms with Crippen LogP contribution >= 0.6 is 11.9 Å². The van der Waals surface area contributed by atoms with E-state index in [1.54, 1.807) is 24.0 Å². The largest absolute Gasteiger partial charge is 0.497 e. The Bertz CT molecular complexity index is 515. The predicted octanol–water partition coefficient (Wildman–Crippen LogP) is 3.91. The van der Waals surface area contributed by atoms with Gasteiger partial charge in [0.05, 0.1) is 17.7 Å². The Balaban J connectivity index is 1.88. The number of methoxy groups -OCH3 is 1. The van der Waals surface area contributed by atoms with Crippen molar-refractivity contribution < 1.29 is 9.53 Å². The van der Waals surface area contributed by atoms with Crippen molar-refractivity contribution in [2.75, 3.05) is 19.1 Å². The van der Waals surface area contributed by atoms with Gasteiger partial charge in [0.2, 0.25) is 0 Å². The number of rotatable bonds is 2. The summed E-state index contributed by atoms with van der Waals surface area (Å²) >= 11 is 1.58. The molecule has 1 aromatic rings. The van der Waals surface area contributed by atoms with E-state index < -0.39 is 0 Å². The Morgan fingerprint density at radius 3 is 2.70 bits per heavy atom. The number of nitrogens with zero attached hydrogens (tertiary/aromatic N) is 2. The first-order valence-corrected chi connectivity index (χ1v) is 7.91. The van der Waals surface area contributed by atoms with Gasteiger partial charge in [-0.2, -0.15) is 0 Å². The Morgan fingerprint density at radius 2 is 2.00 bits per heavy atom. The summed E-state index contributed by atoms with van der Waals surface area (Å²) in [6.45, 7) is 0. The molecule has 1 aromatic carbocycles. The first-order valence-electron chi connectivity index (χ1n) is 7.13. The van der Waals surface area contributed by atoms with Crippen molar-refractivity contribution in [3.8, 4) is 5.75 Å². The number of hydrogen-bond donors (Lipinski definition) is 0. The molecule has 0 bridgehead atoms. The summed E-state index contributed by atoms with van der Waals surface area (Å²) in [6, 6.07) is 6.38. The molecule has 0 spiro atoms. The molecule has 1 fully saturated rings. The molecular formula is C15H20N2O2S. The van der Waals surface area contributed by atoms with E-state index in [1.807, 2.05) is 29.6 Å². The van der Waals surface area contributed by atoms with E-state index >= 15 is 0 Å². The van der Waals surface area contributed by atoms with E-state index in [0.29, 0.717) is 6.04 Å². The fourth-order valence-electron chi connectivity index (χ4n) is 2.91. The average molecular weight is 292 g/mol. The van der Waals surface area contributed by atoms with Crippen LogP contribution in [0.1, 0.15) is 32.1 Å². The van der Waals surface area contributed by atoms with E-state index in [9.17, 15) is 4.79 Å². The van der Waals surface area contributed by atoms with Gasteiger partial charge < -0.3 is 4.74 Å². The molecule has 3 rings (SSSR count). The average Bonchev–Trinajstić information content (AvgIpc) is 2.51. The number of carbonyl (C=O) groups excluding carboxylic acids is 1. The fraction of sp³-hybridized carbons (Fsp3) is 0.533. The minimum absolute atomic E-state index is 0.0858. The number of anilines is 1. The zero-order chi connectivity index (χ0) is 14.1. The highest BCUT2D eigenvalue weighted by Crippen LogP contribution is 2.42. The van der Waals surface area contributed by atoms with Crippen molar-refractivity contribution >= 4 is 23.7 Å². The number of benzene rings is 1. The Hall–Kier alpha value is -1.36. The topological polar surface area (TPSA) is 32.8 Å². The zero-order valence-corrected chi connectivity index (χ0v) is 12.8. The maximum atomic E-state index is 12.6. The van der Waals surface area contributed by atoms with Crippen LogP contribution in [0.4, 0.5) is 10.5 Å². The van der Waals surface area contributed by atoms with Gasteiger partial charge in [0.15, 0.2) is 0 Å². The Labute approximate surface area is 124 Å². The number of amides is 2. The van der Waals surface area contributed by atoms with Crippen LogP contribution in [0.3, 0.4) is 0 Å². The van der Waals surface area contributed by atoms with Gasteiger partial charge in [-0.15, -0.1) is 0 Å².